The summed E-state index contributed by atoms with van der Waals surface area (Å²) in [5.74, 6) is -0.583. The van der Waals surface area contributed by atoms with Gasteiger partial charge in [0.05, 0.1) is 12.0 Å². The zero-order valence-electron chi connectivity index (χ0n) is 12.5. The van der Waals surface area contributed by atoms with Crippen molar-refractivity contribution in [3.63, 3.8) is 0 Å². The first-order chi connectivity index (χ1) is 12.0. The molecule has 1 heterocycles. The number of carbonyl (C=O) groups is 1. The number of rotatable bonds is 6. The number of amidine groups is 1. The molecule has 1 saturated heterocycles. The van der Waals surface area contributed by atoms with E-state index in [1.807, 2.05) is 0 Å². The molecule has 0 bridgehead atoms. The summed E-state index contributed by atoms with van der Waals surface area (Å²) in [5.41, 5.74) is 0.377. The molecule has 1 aliphatic rings. The number of amides is 1. The Labute approximate surface area is 146 Å². The van der Waals surface area contributed by atoms with Gasteiger partial charge < -0.3 is 10.1 Å². The highest BCUT2D eigenvalue weighted by Gasteiger charge is 2.50. The third-order valence-corrected chi connectivity index (χ3v) is 3.44. The Bertz CT molecular complexity index is 708. The topological polar surface area (TPSA) is 72.3 Å². The van der Waals surface area contributed by atoms with E-state index in [4.69, 9.17) is 0 Å². The van der Waals surface area contributed by atoms with Gasteiger partial charge in [-0.1, -0.05) is 11.8 Å². The third kappa shape index (κ3) is 6.22. The van der Waals surface area contributed by atoms with E-state index in [2.05, 4.69) is 25.0 Å². The van der Waals surface area contributed by atoms with Crippen molar-refractivity contribution in [3.05, 3.63) is 29.8 Å². The average Bonchev–Trinajstić information content (AvgIpc) is 2.92. The van der Waals surface area contributed by atoms with Gasteiger partial charge in [-0.2, -0.15) is 13.9 Å². The number of halogens is 6. The Balaban J connectivity index is 1.95. The van der Waals surface area contributed by atoms with Crippen molar-refractivity contribution < 1.29 is 40.6 Å². The van der Waals surface area contributed by atoms with Gasteiger partial charge in [0.15, 0.2) is 5.17 Å². The van der Waals surface area contributed by atoms with E-state index < -0.39 is 24.6 Å². The van der Waals surface area contributed by atoms with E-state index in [0.717, 1.165) is 23.9 Å². The van der Waals surface area contributed by atoms with Gasteiger partial charge in [0.25, 0.3) is 0 Å². The smallest absolute Gasteiger partial charge is 0.429 e. The Kier molecular flexibility index (Phi) is 6.13. The summed E-state index contributed by atoms with van der Waals surface area (Å²) in [5, 5.41) is 10.1. The zero-order valence-corrected chi connectivity index (χ0v) is 13.3. The highest BCUT2D eigenvalue weighted by molar-refractivity contribution is 8.15. The number of nitrogens with zero attached hydrogens (tertiary/aromatic N) is 2. The van der Waals surface area contributed by atoms with Crippen molar-refractivity contribution in [1.82, 2.24) is 5.32 Å². The van der Waals surface area contributed by atoms with Crippen LogP contribution < -0.4 is 10.1 Å². The quantitative estimate of drug-likeness (QED) is 0.452. The second-order valence-electron chi connectivity index (χ2n) is 4.60. The van der Waals surface area contributed by atoms with Gasteiger partial charge in [-0.3, -0.25) is 4.79 Å². The lowest BCUT2D eigenvalue weighted by Crippen LogP contribution is -2.41. The van der Waals surface area contributed by atoms with Crippen LogP contribution in [-0.4, -0.2) is 41.9 Å². The fraction of sp³-hybridized carbons (Fsp3) is 0.308. The maximum atomic E-state index is 13.2. The lowest BCUT2D eigenvalue weighted by Gasteiger charge is -2.22. The van der Waals surface area contributed by atoms with Crippen LogP contribution >= 0.6 is 11.8 Å². The van der Waals surface area contributed by atoms with Crippen molar-refractivity contribution in [3.8, 4) is 5.75 Å². The molecule has 1 atom stereocenters. The number of ether oxygens (including phenoxy) is 2. The highest BCUT2D eigenvalue weighted by atomic mass is 32.2. The normalized spacial score (nSPS) is 18.4. The predicted molar refractivity (Wildman–Crippen MR) is 79.7 cm³/mol. The van der Waals surface area contributed by atoms with Crippen LogP contribution in [0.2, 0.25) is 0 Å². The second kappa shape index (κ2) is 7.95. The molecular formula is C13H9F6N3O3S. The first-order valence-corrected chi connectivity index (χ1v) is 7.63. The number of hydrogen-bond donors (Lipinski definition) is 1. The van der Waals surface area contributed by atoms with Gasteiger partial charge in [-0.15, -0.1) is 18.3 Å². The summed E-state index contributed by atoms with van der Waals surface area (Å²) < 4.78 is 81.2. The molecule has 0 aliphatic carbocycles. The first-order valence-electron chi connectivity index (χ1n) is 6.64. The van der Waals surface area contributed by atoms with Gasteiger partial charge in [-0.05, 0) is 29.8 Å². The molecule has 0 aromatic heterocycles. The molecule has 1 unspecified atom stereocenters. The number of thioether (sulfide) groups is 1. The molecule has 0 spiro atoms. The summed E-state index contributed by atoms with van der Waals surface area (Å²) in [6.45, 7) is 0. The molecule has 0 radical (unpaired) electrons. The number of alkyl halides is 6. The molecule has 1 aromatic rings. The van der Waals surface area contributed by atoms with Crippen LogP contribution in [0, 0.1) is 0 Å². The SMILES string of the molecule is O=C1CSC(=NN=Cc2ccc(OC(F)(F)C(F)OC(F)(F)F)cc2)N1. The second-order valence-corrected chi connectivity index (χ2v) is 5.56. The molecule has 142 valence electrons. The van der Waals surface area contributed by atoms with Crippen LogP contribution in [-0.2, 0) is 9.53 Å². The molecular weight excluding hydrogens is 392 g/mol. The molecule has 1 N–H and O–H groups in total. The number of nitrogens with one attached hydrogen (secondary N) is 1. The molecule has 1 amide bonds. The minimum absolute atomic E-state index is 0.216. The van der Waals surface area contributed by atoms with Crippen molar-refractivity contribution >= 4 is 29.1 Å². The summed E-state index contributed by atoms with van der Waals surface area (Å²) in [6.07, 6.45) is -13.2. The zero-order chi connectivity index (χ0) is 19.4. The van der Waals surface area contributed by atoms with Crippen molar-refractivity contribution in [2.45, 2.75) is 18.8 Å². The van der Waals surface area contributed by atoms with E-state index in [9.17, 15) is 31.1 Å². The standard InChI is InChI=1S/C13H9F6N3O3S/c14-10(25-13(17,18)19)12(15,16)24-8-3-1-7(2-4-8)5-20-22-11-21-9(23)6-26-11/h1-5,10H,6H2,(H,21,22,23). The molecule has 1 aliphatic heterocycles. The number of carbonyl (C=O) groups excluding carboxylic acids is 1. The van der Waals surface area contributed by atoms with E-state index in [1.54, 1.807) is 0 Å². The van der Waals surface area contributed by atoms with Crippen LogP contribution in [0.3, 0.4) is 0 Å². The minimum Gasteiger partial charge on any atom is -0.429 e. The van der Waals surface area contributed by atoms with Crippen LogP contribution in [0.15, 0.2) is 34.5 Å². The van der Waals surface area contributed by atoms with Crippen LogP contribution in [0.25, 0.3) is 0 Å². The van der Waals surface area contributed by atoms with E-state index in [-0.39, 0.29) is 11.7 Å². The van der Waals surface area contributed by atoms with Crippen LogP contribution in [0.4, 0.5) is 26.3 Å². The van der Waals surface area contributed by atoms with Gasteiger partial charge in [-0.25, -0.2) is 9.13 Å². The maximum absolute atomic E-state index is 13.2. The monoisotopic (exact) mass is 401 g/mol. The lowest BCUT2D eigenvalue weighted by atomic mass is 10.2. The molecule has 1 aromatic carbocycles. The first kappa shape index (κ1) is 20.0. The van der Waals surface area contributed by atoms with Crippen LogP contribution in [0.1, 0.15) is 5.56 Å². The molecule has 26 heavy (non-hydrogen) atoms. The average molecular weight is 401 g/mol. The molecule has 0 saturated carbocycles. The third-order valence-electron chi connectivity index (χ3n) is 2.58. The molecule has 1 fully saturated rings. The summed E-state index contributed by atoms with van der Waals surface area (Å²) >= 11 is 1.15. The van der Waals surface area contributed by atoms with Crippen molar-refractivity contribution in [2.75, 3.05) is 5.75 Å². The van der Waals surface area contributed by atoms with Crippen LogP contribution in [0.5, 0.6) is 5.75 Å². The molecule has 13 heteroatoms. The van der Waals surface area contributed by atoms with Crippen molar-refractivity contribution in [1.29, 1.82) is 0 Å². The fourth-order valence-electron chi connectivity index (χ4n) is 1.54. The Morgan fingerprint density at radius 1 is 1.19 bits per heavy atom. The Hall–Kier alpha value is -2.28. The summed E-state index contributed by atoms with van der Waals surface area (Å²) in [7, 11) is 0. The fourth-order valence-corrected chi connectivity index (χ4v) is 2.17. The van der Waals surface area contributed by atoms with Gasteiger partial charge in [0.1, 0.15) is 5.75 Å². The van der Waals surface area contributed by atoms with Gasteiger partial charge >= 0.3 is 18.8 Å². The van der Waals surface area contributed by atoms with Crippen molar-refractivity contribution in [2.24, 2.45) is 10.2 Å². The number of hydrogen-bond acceptors (Lipinski definition) is 6. The lowest BCUT2D eigenvalue weighted by molar-refractivity contribution is -0.411. The van der Waals surface area contributed by atoms with Gasteiger partial charge in [0.2, 0.25) is 5.91 Å². The Morgan fingerprint density at radius 2 is 1.85 bits per heavy atom. The Morgan fingerprint density at radius 3 is 2.38 bits per heavy atom. The van der Waals surface area contributed by atoms with E-state index in [1.165, 1.54) is 18.3 Å². The summed E-state index contributed by atoms with van der Waals surface area (Å²) in [4.78, 5) is 10.9. The largest absolute Gasteiger partial charge is 0.525 e. The maximum Gasteiger partial charge on any atom is 0.525 e. The number of benzene rings is 1. The van der Waals surface area contributed by atoms with E-state index >= 15 is 0 Å². The van der Waals surface area contributed by atoms with Gasteiger partial charge in [0, 0.05) is 0 Å². The van der Waals surface area contributed by atoms with E-state index in [0.29, 0.717) is 10.7 Å². The summed E-state index contributed by atoms with van der Waals surface area (Å²) in [6, 6.07) is 4.39. The predicted octanol–water partition coefficient (Wildman–Crippen LogP) is 3.04. The minimum atomic E-state index is -5.58. The highest BCUT2D eigenvalue weighted by Crippen LogP contribution is 2.31. The molecule has 6 nitrogen and oxygen atoms in total. The molecule has 2 rings (SSSR count).